The van der Waals surface area contributed by atoms with Gasteiger partial charge in [-0.05, 0) is 43.7 Å². The van der Waals surface area contributed by atoms with Gasteiger partial charge in [0.1, 0.15) is 5.78 Å². The first-order valence-corrected chi connectivity index (χ1v) is 11.1. The van der Waals surface area contributed by atoms with Crippen molar-refractivity contribution in [3.05, 3.63) is 35.9 Å². The molecule has 5 N–H and O–H groups in total. The van der Waals surface area contributed by atoms with E-state index >= 15 is 0 Å². The summed E-state index contributed by atoms with van der Waals surface area (Å²) in [7, 11) is -4.41. The molecule has 0 bridgehead atoms. The van der Waals surface area contributed by atoms with E-state index in [1.165, 1.54) is 0 Å². The standard InChI is InChI=1S/C19H31N2O6P/c1-14(2)18(21-17(22)12-11-15-8-4-3-5-9-15)28(25,26)27-16(19(23)24)10-6-7-13-20/h3-5,8-9,14,16,18H,6-7,10-13,20H2,1-2H3,(H,21,22)(H,23,24)(H,25,26)/t16-,18?/m0/s1. The molecule has 1 amide bonds. The zero-order chi connectivity index (χ0) is 21.2. The summed E-state index contributed by atoms with van der Waals surface area (Å²) in [4.78, 5) is 34.0. The van der Waals surface area contributed by atoms with E-state index in [-0.39, 0.29) is 12.8 Å². The topological polar surface area (TPSA) is 139 Å². The molecule has 2 unspecified atom stereocenters. The van der Waals surface area contributed by atoms with Crippen molar-refractivity contribution in [2.24, 2.45) is 11.7 Å². The largest absolute Gasteiger partial charge is 0.479 e. The molecule has 1 aromatic carbocycles. The highest BCUT2D eigenvalue weighted by molar-refractivity contribution is 7.53. The summed E-state index contributed by atoms with van der Waals surface area (Å²) in [6.07, 6.45) is 0.335. The van der Waals surface area contributed by atoms with Crippen molar-refractivity contribution in [2.45, 2.75) is 57.8 Å². The van der Waals surface area contributed by atoms with Crippen LogP contribution in [0.15, 0.2) is 30.3 Å². The molecule has 1 aromatic rings. The minimum absolute atomic E-state index is 0.0733. The molecule has 0 aliphatic carbocycles. The molecule has 28 heavy (non-hydrogen) atoms. The molecule has 0 heterocycles. The second-order valence-electron chi connectivity index (χ2n) is 7.02. The third-order valence-electron chi connectivity index (χ3n) is 4.25. The highest BCUT2D eigenvalue weighted by atomic mass is 31.2. The van der Waals surface area contributed by atoms with E-state index in [0.717, 1.165) is 5.56 Å². The lowest BCUT2D eigenvalue weighted by molar-refractivity contribution is -0.145. The number of nitrogens with two attached hydrogens (primary N) is 1. The van der Waals surface area contributed by atoms with Gasteiger partial charge < -0.3 is 21.1 Å². The van der Waals surface area contributed by atoms with Crippen molar-refractivity contribution in [1.82, 2.24) is 5.32 Å². The number of aliphatic carboxylic acids is 1. The van der Waals surface area contributed by atoms with E-state index in [9.17, 15) is 24.2 Å². The summed E-state index contributed by atoms with van der Waals surface area (Å²) in [5.74, 6) is -3.32. The van der Waals surface area contributed by atoms with E-state index in [1.54, 1.807) is 13.8 Å². The van der Waals surface area contributed by atoms with Crippen LogP contribution in [0.2, 0.25) is 0 Å². The third kappa shape index (κ3) is 8.52. The van der Waals surface area contributed by atoms with Gasteiger partial charge in [-0.3, -0.25) is 13.9 Å². The van der Waals surface area contributed by atoms with Crippen molar-refractivity contribution in [1.29, 1.82) is 0 Å². The minimum atomic E-state index is -4.41. The number of rotatable bonds is 13. The number of hydrogen-bond donors (Lipinski definition) is 4. The van der Waals surface area contributed by atoms with Crippen LogP contribution >= 0.6 is 7.60 Å². The molecular formula is C19H31N2O6P. The predicted octanol–water partition coefficient (Wildman–Crippen LogP) is 2.50. The number of aryl methyl sites for hydroxylation is 1. The zero-order valence-electron chi connectivity index (χ0n) is 16.4. The number of carboxylic acid groups (broad SMARTS) is 1. The molecule has 0 saturated carbocycles. The maximum absolute atomic E-state index is 12.7. The zero-order valence-corrected chi connectivity index (χ0v) is 17.3. The van der Waals surface area contributed by atoms with Gasteiger partial charge in [0.25, 0.3) is 0 Å². The fourth-order valence-electron chi connectivity index (χ4n) is 2.71. The number of carbonyl (C=O) groups is 2. The molecule has 0 radical (unpaired) electrons. The van der Waals surface area contributed by atoms with Gasteiger partial charge in [0.2, 0.25) is 5.91 Å². The molecule has 0 aromatic heterocycles. The molecular weight excluding hydrogens is 383 g/mol. The lowest BCUT2D eigenvalue weighted by Crippen LogP contribution is -2.40. The smallest absolute Gasteiger partial charge is 0.351 e. The molecule has 1 rings (SSSR count). The molecule has 0 spiro atoms. The number of nitrogens with one attached hydrogen (secondary N) is 1. The van der Waals surface area contributed by atoms with Crippen LogP contribution < -0.4 is 11.1 Å². The molecule has 0 fully saturated rings. The van der Waals surface area contributed by atoms with Crippen molar-refractivity contribution in [3.8, 4) is 0 Å². The quantitative estimate of drug-likeness (QED) is 0.287. The Morgan fingerprint density at radius 3 is 2.39 bits per heavy atom. The molecule has 3 atom stereocenters. The van der Waals surface area contributed by atoms with Gasteiger partial charge in [0.15, 0.2) is 6.10 Å². The molecule has 0 aliphatic heterocycles. The van der Waals surface area contributed by atoms with Crippen molar-refractivity contribution < 1.29 is 28.7 Å². The second-order valence-corrected chi connectivity index (χ2v) is 8.92. The molecule has 9 heteroatoms. The van der Waals surface area contributed by atoms with Crippen molar-refractivity contribution in [2.75, 3.05) is 6.54 Å². The van der Waals surface area contributed by atoms with Gasteiger partial charge in [0.05, 0.1) is 0 Å². The Labute approximate surface area is 166 Å². The second kappa shape index (κ2) is 12.0. The maximum atomic E-state index is 12.7. The molecule has 0 saturated heterocycles. The van der Waals surface area contributed by atoms with Gasteiger partial charge in [-0.15, -0.1) is 0 Å². The normalized spacial score (nSPS) is 15.6. The fraction of sp³-hybridized carbons (Fsp3) is 0.579. The summed E-state index contributed by atoms with van der Waals surface area (Å²) >= 11 is 0. The van der Waals surface area contributed by atoms with Crippen LogP contribution in [0.5, 0.6) is 0 Å². The Morgan fingerprint density at radius 1 is 1.21 bits per heavy atom. The number of amides is 1. The Bertz CT molecular complexity index is 668. The SMILES string of the molecule is CC(C)C(NC(=O)CCc1ccccc1)P(=O)(O)O[C@@H](CCCCN)C(=O)O. The van der Waals surface area contributed by atoms with E-state index < -0.39 is 37.3 Å². The minimum Gasteiger partial charge on any atom is -0.479 e. The highest BCUT2D eigenvalue weighted by Crippen LogP contribution is 2.50. The number of hydrogen-bond acceptors (Lipinski definition) is 5. The lowest BCUT2D eigenvalue weighted by atomic mass is 10.1. The van der Waals surface area contributed by atoms with Crippen LogP contribution in [-0.4, -0.2) is 40.3 Å². The first kappa shape index (κ1) is 24.3. The van der Waals surface area contributed by atoms with Crippen LogP contribution in [0.25, 0.3) is 0 Å². The number of carboxylic acids is 1. The lowest BCUT2D eigenvalue weighted by Gasteiger charge is -2.28. The van der Waals surface area contributed by atoms with E-state index in [4.69, 9.17) is 10.3 Å². The van der Waals surface area contributed by atoms with E-state index in [0.29, 0.717) is 25.8 Å². The number of carbonyl (C=O) groups excluding carboxylic acids is 1. The Kier molecular flexibility index (Phi) is 10.4. The maximum Gasteiger partial charge on any atom is 0.351 e. The average molecular weight is 414 g/mol. The van der Waals surface area contributed by atoms with Crippen LogP contribution in [0.3, 0.4) is 0 Å². The van der Waals surface area contributed by atoms with Gasteiger partial charge in [-0.1, -0.05) is 44.2 Å². The van der Waals surface area contributed by atoms with Gasteiger partial charge in [-0.25, -0.2) is 4.79 Å². The van der Waals surface area contributed by atoms with Gasteiger partial charge >= 0.3 is 13.6 Å². The summed E-state index contributed by atoms with van der Waals surface area (Å²) in [6.45, 7) is 3.73. The fourth-order valence-corrected chi connectivity index (χ4v) is 4.46. The Hall–Kier alpha value is -1.73. The summed E-state index contributed by atoms with van der Waals surface area (Å²) < 4.78 is 17.8. The Balaban J connectivity index is 2.73. The molecule has 0 aliphatic rings. The van der Waals surface area contributed by atoms with E-state index in [1.807, 2.05) is 30.3 Å². The average Bonchev–Trinajstić information content (AvgIpc) is 2.64. The van der Waals surface area contributed by atoms with Crippen molar-refractivity contribution >= 4 is 19.5 Å². The summed E-state index contributed by atoms with van der Waals surface area (Å²) in [5, 5.41) is 11.8. The van der Waals surface area contributed by atoms with Gasteiger partial charge in [0, 0.05) is 6.42 Å². The van der Waals surface area contributed by atoms with Crippen LogP contribution in [-0.2, 0) is 25.1 Å². The number of benzene rings is 1. The summed E-state index contributed by atoms with van der Waals surface area (Å²) in [6, 6.07) is 9.41. The molecule has 8 nitrogen and oxygen atoms in total. The van der Waals surface area contributed by atoms with Crippen LogP contribution in [0, 0.1) is 5.92 Å². The van der Waals surface area contributed by atoms with Crippen LogP contribution in [0.1, 0.15) is 45.1 Å². The van der Waals surface area contributed by atoms with E-state index in [2.05, 4.69) is 5.32 Å². The van der Waals surface area contributed by atoms with Gasteiger partial charge in [-0.2, -0.15) is 0 Å². The summed E-state index contributed by atoms with van der Waals surface area (Å²) in [5.41, 5.74) is 6.37. The Morgan fingerprint density at radius 2 is 1.86 bits per heavy atom. The first-order chi connectivity index (χ1) is 13.2. The van der Waals surface area contributed by atoms with Crippen LogP contribution in [0.4, 0.5) is 0 Å². The highest BCUT2D eigenvalue weighted by Gasteiger charge is 2.40. The molecule has 158 valence electrons. The number of unbranched alkanes of at least 4 members (excludes halogenated alkanes) is 1. The predicted molar refractivity (Wildman–Crippen MR) is 107 cm³/mol. The third-order valence-corrected chi connectivity index (χ3v) is 6.23. The monoisotopic (exact) mass is 414 g/mol. The first-order valence-electron chi connectivity index (χ1n) is 9.44. The van der Waals surface area contributed by atoms with Crippen molar-refractivity contribution in [3.63, 3.8) is 0 Å².